The number of hydrogen-bond acceptors (Lipinski definition) is 4. The van der Waals surface area contributed by atoms with Gasteiger partial charge in [0.2, 0.25) is 11.8 Å². The van der Waals surface area contributed by atoms with Gasteiger partial charge in [0.1, 0.15) is 12.4 Å². The molecule has 2 rings (SSSR count). The maximum Gasteiger partial charge on any atom is 0.411 e. The summed E-state index contributed by atoms with van der Waals surface area (Å²) in [5, 5.41) is 2.73. The van der Waals surface area contributed by atoms with Crippen LogP contribution >= 0.6 is 0 Å². The van der Waals surface area contributed by atoms with Crippen molar-refractivity contribution in [3.8, 4) is 0 Å². The monoisotopic (exact) mass is 373 g/mol. The van der Waals surface area contributed by atoms with Crippen molar-refractivity contribution in [3.63, 3.8) is 0 Å². The molecule has 144 valence electrons. The summed E-state index contributed by atoms with van der Waals surface area (Å²) in [5.41, 5.74) is 0.977. The minimum Gasteiger partial charge on any atom is -0.372 e. The second-order valence-electron chi connectivity index (χ2n) is 6.31. The molecular weight excluding hydrogens is 351 g/mol. The molecule has 26 heavy (non-hydrogen) atoms. The first kappa shape index (κ1) is 20.2. The van der Waals surface area contributed by atoms with Crippen LogP contribution < -0.4 is 5.32 Å². The summed E-state index contributed by atoms with van der Waals surface area (Å²) in [4.78, 5) is 30.1. The fraction of sp³-hybridized carbons (Fsp3) is 0.588. The predicted octanol–water partition coefficient (Wildman–Crippen LogP) is 2.54. The van der Waals surface area contributed by atoms with E-state index in [1.54, 1.807) is 12.3 Å². The second kappa shape index (κ2) is 8.98. The minimum atomic E-state index is -4.40. The zero-order valence-electron chi connectivity index (χ0n) is 14.5. The van der Waals surface area contributed by atoms with Crippen molar-refractivity contribution in [2.75, 3.05) is 31.6 Å². The molecule has 0 spiro atoms. The van der Waals surface area contributed by atoms with E-state index in [-0.39, 0.29) is 37.3 Å². The van der Waals surface area contributed by atoms with Gasteiger partial charge in [-0.15, -0.1) is 0 Å². The molecule has 1 saturated heterocycles. The van der Waals surface area contributed by atoms with E-state index in [4.69, 9.17) is 0 Å². The Hall–Kier alpha value is -2.16. The van der Waals surface area contributed by atoms with E-state index >= 15 is 0 Å². The summed E-state index contributed by atoms with van der Waals surface area (Å²) in [6.07, 6.45) is -1.58. The van der Waals surface area contributed by atoms with Gasteiger partial charge in [0.15, 0.2) is 0 Å². The number of pyridine rings is 1. The molecule has 0 aliphatic carbocycles. The number of aryl methyl sites for hydroxylation is 1. The number of alkyl halides is 3. The molecule has 1 aliphatic heterocycles. The molecule has 0 bridgehead atoms. The number of amides is 2. The third kappa shape index (κ3) is 6.62. The molecule has 6 nitrogen and oxygen atoms in total. The number of piperidine rings is 1. The van der Waals surface area contributed by atoms with Crippen LogP contribution in [0.3, 0.4) is 0 Å². The van der Waals surface area contributed by atoms with Crippen LogP contribution in [0.4, 0.5) is 19.0 Å². The van der Waals surface area contributed by atoms with Crippen molar-refractivity contribution in [1.29, 1.82) is 0 Å². The fourth-order valence-electron chi connectivity index (χ4n) is 2.69. The highest BCUT2D eigenvalue weighted by atomic mass is 19.4. The Morgan fingerprint density at radius 1 is 1.38 bits per heavy atom. The lowest BCUT2D eigenvalue weighted by Crippen LogP contribution is -2.44. The van der Waals surface area contributed by atoms with Crippen molar-refractivity contribution in [2.45, 2.75) is 32.4 Å². The van der Waals surface area contributed by atoms with Gasteiger partial charge in [-0.1, -0.05) is 6.07 Å². The van der Waals surface area contributed by atoms with E-state index in [0.29, 0.717) is 25.2 Å². The quantitative estimate of drug-likeness (QED) is 0.778. The first-order chi connectivity index (χ1) is 12.2. The Bertz CT molecular complexity index is 620. The summed E-state index contributed by atoms with van der Waals surface area (Å²) < 4.78 is 40.5. The van der Waals surface area contributed by atoms with Crippen LogP contribution in [-0.2, 0) is 14.3 Å². The number of rotatable bonds is 6. The van der Waals surface area contributed by atoms with Crippen LogP contribution in [0.1, 0.15) is 24.8 Å². The van der Waals surface area contributed by atoms with Crippen LogP contribution in [0.2, 0.25) is 0 Å². The number of halogens is 3. The van der Waals surface area contributed by atoms with Gasteiger partial charge < -0.3 is 15.0 Å². The number of aromatic nitrogens is 1. The Labute approximate surface area is 149 Å². The Morgan fingerprint density at radius 3 is 2.81 bits per heavy atom. The van der Waals surface area contributed by atoms with Gasteiger partial charge in [-0.2, -0.15) is 13.2 Å². The van der Waals surface area contributed by atoms with Gasteiger partial charge in [-0.25, -0.2) is 4.98 Å². The largest absolute Gasteiger partial charge is 0.411 e. The van der Waals surface area contributed by atoms with Crippen molar-refractivity contribution < 1.29 is 27.5 Å². The zero-order valence-corrected chi connectivity index (χ0v) is 14.5. The van der Waals surface area contributed by atoms with E-state index < -0.39 is 12.8 Å². The van der Waals surface area contributed by atoms with Crippen LogP contribution in [0, 0.1) is 12.8 Å². The fourth-order valence-corrected chi connectivity index (χ4v) is 2.69. The minimum absolute atomic E-state index is 0.135. The summed E-state index contributed by atoms with van der Waals surface area (Å²) >= 11 is 0. The van der Waals surface area contributed by atoms with Gasteiger partial charge in [0.05, 0.1) is 18.9 Å². The lowest BCUT2D eigenvalue weighted by atomic mass is 9.97. The van der Waals surface area contributed by atoms with E-state index in [1.807, 2.05) is 13.0 Å². The number of nitrogens with zero attached hydrogens (tertiary/aromatic N) is 2. The first-order valence-electron chi connectivity index (χ1n) is 8.40. The van der Waals surface area contributed by atoms with Crippen LogP contribution in [0.5, 0.6) is 0 Å². The lowest BCUT2D eigenvalue weighted by molar-refractivity contribution is -0.175. The van der Waals surface area contributed by atoms with Gasteiger partial charge in [-0.3, -0.25) is 9.59 Å². The molecule has 9 heteroatoms. The highest BCUT2D eigenvalue weighted by molar-refractivity contribution is 5.92. The average molecular weight is 373 g/mol. The number of anilines is 1. The van der Waals surface area contributed by atoms with E-state index in [2.05, 4.69) is 15.0 Å². The number of ether oxygens (including phenoxy) is 1. The van der Waals surface area contributed by atoms with Crippen LogP contribution in [-0.4, -0.2) is 54.2 Å². The molecule has 0 saturated carbocycles. The third-order valence-corrected chi connectivity index (χ3v) is 4.03. The van der Waals surface area contributed by atoms with Crippen molar-refractivity contribution >= 4 is 17.6 Å². The molecule has 1 atom stereocenters. The normalized spacial score (nSPS) is 17.8. The van der Waals surface area contributed by atoms with Crippen molar-refractivity contribution in [1.82, 2.24) is 9.88 Å². The van der Waals surface area contributed by atoms with E-state index in [1.165, 1.54) is 4.90 Å². The van der Waals surface area contributed by atoms with Crippen molar-refractivity contribution in [3.05, 3.63) is 23.9 Å². The first-order valence-corrected chi connectivity index (χ1v) is 8.40. The molecule has 2 heterocycles. The SMILES string of the molecule is Cc1ccc(NC(=O)C2CCCN(C(=O)CCOCC(F)(F)F)C2)nc1. The molecule has 1 fully saturated rings. The number of carbonyl (C=O) groups excluding carboxylic acids is 2. The van der Waals surface area contributed by atoms with Crippen LogP contribution in [0.15, 0.2) is 18.3 Å². The maximum atomic E-state index is 12.4. The molecule has 1 aliphatic rings. The smallest absolute Gasteiger partial charge is 0.372 e. The Morgan fingerprint density at radius 2 is 2.15 bits per heavy atom. The molecule has 0 radical (unpaired) electrons. The zero-order chi connectivity index (χ0) is 19.2. The van der Waals surface area contributed by atoms with E-state index in [9.17, 15) is 22.8 Å². The van der Waals surface area contributed by atoms with Crippen LogP contribution in [0.25, 0.3) is 0 Å². The average Bonchev–Trinajstić information content (AvgIpc) is 2.60. The van der Waals surface area contributed by atoms with Gasteiger partial charge in [0, 0.05) is 19.3 Å². The number of nitrogens with one attached hydrogen (secondary N) is 1. The predicted molar refractivity (Wildman–Crippen MR) is 88.4 cm³/mol. The van der Waals surface area contributed by atoms with Gasteiger partial charge in [-0.05, 0) is 31.4 Å². The third-order valence-electron chi connectivity index (χ3n) is 4.03. The molecule has 1 aromatic heterocycles. The number of likely N-dealkylation sites (tertiary alicyclic amines) is 1. The van der Waals surface area contributed by atoms with Crippen molar-refractivity contribution in [2.24, 2.45) is 5.92 Å². The van der Waals surface area contributed by atoms with E-state index in [0.717, 1.165) is 5.56 Å². The maximum absolute atomic E-state index is 12.4. The molecule has 1 aromatic rings. The summed E-state index contributed by atoms with van der Waals surface area (Å²) in [7, 11) is 0. The van der Waals surface area contributed by atoms with Gasteiger partial charge in [0.25, 0.3) is 0 Å². The number of carbonyl (C=O) groups is 2. The highest BCUT2D eigenvalue weighted by Gasteiger charge is 2.30. The lowest BCUT2D eigenvalue weighted by Gasteiger charge is -2.32. The summed E-state index contributed by atoms with van der Waals surface area (Å²) in [6.45, 7) is 0.968. The highest BCUT2D eigenvalue weighted by Crippen LogP contribution is 2.19. The second-order valence-corrected chi connectivity index (χ2v) is 6.31. The number of hydrogen-bond donors (Lipinski definition) is 1. The Kier molecular flexibility index (Phi) is 6.96. The molecule has 2 amide bonds. The topological polar surface area (TPSA) is 71.5 Å². The molecular formula is C17H22F3N3O3. The van der Waals surface area contributed by atoms with Gasteiger partial charge >= 0.3 is 6.18 Å². The standard InChI is InChI=1S/C17H22F3N3O3/c1-12-4-5-14(21-9-12)22-16(25)13-3-2-7-23(10-13)15(24)6-8-26-11-17(18,19)20/h4-5,9,13H,2-3,6-8,10-11H2,1H3,(H,21,22,25). The Balaban J connectivity index is 1.79. The summed E-state index contributed by atoms with van der Waals surface area (Å²) in [6, 6.07) is 3.54. The molecule has 1 unspecified atom stereocenters. The molecule has 1 N–H and O–H groups in total. The summed E-state index contributed by atoms with van der Waals surface area (Å²) in [5.74, 6) is -0.443. The molecule has 0 aromatic carbocycles.